The van der Waals surface area contributed by atoms with Gasteiger partial charge in [-0.15, -0.1) is 0 Å². The molecule has 0 N–H and O–H groups in total. The molecule has 0 atom stereocenters. The van der Waals surface area contributed by atoms with Gasteiger partial charge >= 0.3 is 0 Å². The molecule has 0 saturated carbocycles. The molecule has 0 radical (unpaired) electrons. The van der Waals surface area contributed by atoms with Crippen LogP contribution >= 0.6 is 0 Å². The summed E-state index contributed by atoms with van der Waals surface area (Å²) < 4.78 is 4.73. The Labute approximate surface area is 300 Å². The van der Waals surface area contributed by atoms with Gasteiger partial charge in [0.1, 0.15) is 37.2 Å². The van der Waals surface area contributed by atoms with Gasteiger partial charge < -0.3 is 43.8 Å². The summed E-state index contributed by atoms with van der Waals surface area (Å²) in [5, 5.41) is 7.29. The molecule has 0 unspecified atom stereocenters. The minimum atomic E-state index is 0. The van der Waals surface area contributed by atoms with Crippen LogP contribution in [0, 0.1) is 0 Å². The second-order valence-corrected chi connectivity index (χ2v) is 12.7. The fourth-order valence-corrected chi connectivity index (χ4v) is 8.05. The van der Waals surface area contributed by atoms with Crippen molar-refractivity contribution in [3.63, 3.8) is 0 Å². The first-order valence-corrected chi connectivity index (χ1v) is 16.4. The van der Waals surface area contributed by atoms with Crippen molar-refractivity contribution in [2.45, 2.75) is 13.1 Å². The normalized spacial score (nSPS) is 15.5. The SMILES string of the molecule is O=C(CN1CC[n+]2c1c1ccccc1c1ccccc12)N1CCN(C(=O)CN2CC[n+]3c2c2ccccc2c2ccccc23)CC1.[Br-].[Br-]. The zero-order valence-electron chi connectivity index (χ0n) is 26.6. The quantitative estimate of drug-likeness (QED) is 0.153. The van der Waals surface area contributed by atoms with Crippen molar-refractivity contribution in [1.29, 1.82) is 0 Å². The highest BCUT2D eigenvalue weighted by Crippen LogP contribution is 2.33. The summed E-state index contributed by atoms with van der Waals surface area (Å²) in [6.45, 7) is 6.29. The molecule has 0 spiro atoms. The zero-order valence-corrected chi connectivity index (χ0v) is 29.7. The van der Waals surface area contributed by atoms with E-state index in [1.165, 1.54) is 43.4 Å². The number of hydrogen-bond acceptors (Lipinski definition) is 4. The second-order valence-electron chi connectivity index (χ2n) is 12.7. The number of rotatable bonds is 4. The molecule has 8 nitrogen and oxygen atoms in total. The van der Waals surface area contributed by atoms with Crippen LogP contribution in [0.5, 0.6) is 0 Å². The third-order valence-electron chi connectivity index (χ3n) is 10.2. The van der Waals surface area contributed by atoms with Crippen molar-refractivity contribution in [1.82, 2.24) is 9.80 Å². The largest absolute Gasteiger partial charge is 1.00 e. The highest BCUT2D eigenvalue weighted by Gasteiger charge is 2.37. The monoisotopic (exact) mass is 766 g/mol. The van der Waals surface area contributed by atoms with E-state index in [-0.39, 0.29) is 45.8 Å². The lowest BCUT2D eigenvalue weighted by Crippen LogP contribution is -3.00. The third kappa shape index (κ3) is 5.17. The maximum atomic E-state index is 13.6. The van der Waals surface area contributed by atoms with Gasteiger partial charge in [-0.3, -0.25) is 9.59 Å². The standard InChI is InChI=1S/C38H36N6O2.2BrH/c45-35(25-41-21-23-43-33-15-7-5-11-29(33)27-9-1-3-13-31(27)37(41)43)39-17-19-40(20-18-39)36(46)26-42-22-24-44-34-16-8-6-12-30(34)28-10-2-4-14-32(28)38(42)44;;/h1-16H,17-26H2;2*1H/q+2;;/p-2. The maximum Gasteiger partial charge on any atom is 0.285 e. The predicted octanol–water partition coefficient (Wildman–Crippen LogP) is -2.11. The Kier molecular flexibility index (Phi) is 8.72. The van der Waals surface area contributed by atoms with E-state index in [1.54, 1.807) is 0 Å². The van der Waals surface area contributed by atoms with E-state index < -0.39 is 0 Å². The van der Waals surface area contributed by atoms with Crippen LogP contribution in [-0.4, -0.2) is 74.0 Å². The Morgan fingerprint density at radius 3 is 1.19 bits per heavy atom. The Hall–Kier alpha value is -4.28. The van der Waals surface area contributed by atoms with Crippen LogP contribution in [-0.2, 0) is 22.7 Å². The van der Waals surface area contributed by atoms with Gasteiger partial charge in [-0.1, -0.05) is 72.8 Å². The van der Waals surface area contributed by atoms with E-state index in [2.05, 4.69) is 116 Å². The van der Waals surface area contributed by atoms with Crippen LogP contribution in [0.25, 0.3) is 43.4 Å². The molecule has 2 aromatic heterocycles. The first-order chi connectivity index (χ1) is 22.7. The zero-order chi connectivity index (χ0) is 30.8. The van der Waals surface area contributed by atoms with Crippen molar-refractivity contribution in [3.05, 3.63) is 97.1 Å². The summed E-state index contributed by atoms with van der Waals surface area (Å²) in [6, 6.07) is 34.1. The number of piperazine rings is 1. The van der Waals surface area contributed by atoms with Gasteiger partial charge in [0, 0.05) is 47.7 Å². The van der Waals surface area contributed by atoms with E-state index in [1.807, 2.05) is 9.80 Å². The number of fused-ring (bicyclic) bond motifs is 12. The summed E-state index contributed by atoms with van der Waals surface area (Å²) in [6.07, 6.45) is 0. The summed E-state index contributed by atoms with van der Waals surface area (Å²) in [5.74, 6) is 2.50. The molecular formula is C38H36Br2N6O2. The molecule has 0 bridgehead atoms. The molecule has 3 aliphatic heterocycles. The fourth-order valence-electron chi connectivity index (χ4n) is 8.05. The number of aromatic nitrogens is 2. The molecule has 4 aromatic carbocycles. The predicted molar refractivity (Wildman–Crippen MR) is 181 cm³/mol. The van der Waals surface area contributed by atoms with Crippen LogP contribution in [0.1, 0.15) is 0 Å². The third-order valence-corrected chi connectivity index (χ3v) is 10.2. The molecule has 9 rings (SSSR count). The molecule has 6 aromatic rings. The van der Waals surface area contributed by atoms with Crippen LogP contribution in [0.3, 0.4) is 0 Å². The molecule has 2 amide bonds. The number of para-hydroxylation sites is 2. The molecule has 48 heavy (non-hydrogen) atoms. The Morgan fingerprint density at radius 1 is 0.458 bits per heavy atom. The van der Waals surface area contributed by atoms with Crippen molar-refractivity contribution in [3.8, 4) is 0 Å². The summed E-state index contributed by atoms with van der Waals surface area (Å²) in [4.78, 5) is 35.7. The molecule has 1 fully saturated rings. The lowest BCUT2D eigenvalue weighted by Gasteiger charge is -2.35. The molecule has 3 aliphatic rings. The van der Waals surface area contributed by atoms with Gasteiger partial charge in [-0.05, 0) is 24.3 Å². The van der Waals surface area contributed by atoms with Gasteiger partial charge in [-0.2, -0.15) is 0 Å². The molecule has 0 aliphatic carbocycles. The minimum Gasteiger partial charge on any atom is -1.00 e. The average Bonchev–Trinajstić information content (AvgIpc) is 3.74. The van der Waals surface area contributed by atoms with Crippen molar-refractivity contribution < 1.29 is 52.7 Å². The average molecular weight is 769 g/mol. The smallest absolute Gasteiger partial charge is 0.285 e. The van der Waals surface area contributed by atoms with E-state index in [0.717, 1.165) is 37.8 Å². The summed E-state index contributed by atoms with van der Waals surface area (Å²) in [5.41, 5.74) is 2.41. The molecule has 10 heteroatoms. The maximum absolute atomic E-state index is 13.6. The van der Waals surface area contributed by atoms with Crippen LogP contribution in [0.15, 0.2) is 97.1 Å². The van der Waals surface area contributed by atoms with Gasteiger partial charge in [-0.25, -0.2) is 18.9 Å². The van der Waals surface area contributed by atoms with Crippen molar-refractivity contribution in [2.24, 2.45) is 0 Å². The van der Waals surface area contributed by atoms with E-state index >= 15 is 0 Å². The first kappa shape index (κ1) is 32.3. The number of hydrogen-bond donors (Lipinski definition) is 0. The molecule has 5 heterocycles. The number of carbonyl (C=O) groups excluding carboxylic acids is 2. The van der Waals surface area contributed by atoms with Crippen molar-refractivity contribution in [2.75, 3.05) is 62.2 Å². The highest BCUT2D eigenvalue weighted by atomic mass is 79.9. The minimum absolute atomic E-state index is 0. The van der Waals surface area contributed by atoms with Crippen LogP contribution in [0.4, 0.5) is 11.6 Å². The highest BCUT2D eigenvalue weighted by molar-refractivity contribution is 6.09. The lowest BCUT2D eigenvalue weighted by molar-refractivity contribution is -0.643. The number of anilines is 2. The Bertz CT molecular complexity index is 2060. The van der Waals surface area contributed by atoms with Crippen molar-refractivity contribution >= 4 is 66.8 Å². The number of halogens is 2. The van der Waals surface area contributed by atoms with Gasteiger partial charge in [0.05, 0.1) is 10.8 Å². The fraction of sp³-hybridized carbons (Fsp3) is 0.263. The second kappa shape index (κ2) is 13.0. The van der Waals surface area contributed by atoms with Crippen LogP contribution in [0.2, 0.25) is 0 Å². The first-order valence-electron chi connectivity index (χ1n) is 16.4. The van der Waals surface area contributed by atoms with Gasteiger partial charge in [0.25, 0.3) is 23.5 Å². The lowest BCUT2D eigenvalue weighted by atomic mass is 10.1. The van der Waals surface area contributed by atoms with Gasteiger partial charge in [0.2, 0.25) is 0 Å². The summed E-state index contributed by atoms with van der Waals surface area (Å²) in [7, 11) is 0. The van der Waals surface area contributed by atoms with E-state index in [4.69, 9.17) is 0 Å². The van der Waals surface area contributed by atoms with Gasteiger partial charge in [0.15, 0.2) is 13.1 Å². The molecule has 1 saturated heterocycles. The molecule has 244 valence electrons. The topological polar surface area (TPSA) is 54.9 Å². The van der Waals surface area contributed by atoms with Crippen LogP contribution < -0.4 is 52.9 Å². The van der Waals surface area contributed by atoms with E-state index in [0.29, 0.717) is 39.3 Å². The Balaban J connectivity index is 0.00000182. The number of carbonyl (C=O) groups is 2. The number of pyridine rings is 2. The molecular weight excluding hydrogens is 732 g/mol. The van der Waals surface area contributed by atoms with E-state index in [9.17, 15) is 9.59 Å². The number of benzene rings is 4. The number of amides is 2. The number of nitrogens with zero attached hydrogens (tertiary/aromatic N) is 6. The summed E-state index contributed by atoms with van der Waals surface area (Å²) >= 11 is 0. The Morgan fingerprint density at radius 2 is 0.792 bits per heavy atom.